The third-order valence-electron chi connectivity index (χ3n) is 2.13. The van der Waals surface area contributed by atoms with Gasteiger partial charge in [0, 0.05) is 9.50 Å². The lowest BCUT2D eigenvalue weighted by Crippen LogP contribution is -2.13. The average molecular weight is 390 g/mol. The molecule has 1 N–H and O–H groups in total. The monoisotopic (exact) mass is 388 g/mol. The van der Waals surface area contributed by atoms with Gasteiger partial charge in [-0.05, 0) is 62.2 Å². The smallest absolute Gasteiger partial charge is 0.274 e. The SMILES string of the molecule is O=C(Nc1ccc(Cl)cc1Br)c1cccc(Br)n1. The number of halogens is 3. The summed E-state index contributed by atoms with van der Waals surface area (Å²) in [5.74, 6) is -0.278. The van der Waals surface area contributed by atoms with E-state index in [4.69, 9.17) is 11.6 Å². The molecule has 0 aliphatic carbocycles. The number of carbonyl (C=O) groups excluding carboxylic acids is 1. The molecule has 3 nitrogen and oxygen atoms in total. The van der Waals surface area contributed by atoms with Gasteiger partial charge < -0.3 is 5.32 Å². The summed E-state index contributed by atoms with van der Waals surface area (Å²) in [4.78, 5) is 16.0. The molecule has 0 radical (unpaired) electrons. The molecule has 0 atom stereocenters. The van der Waals surface area contributed by atoms with Gasteiger partial charge in [-0.2, -0.15) is 0 Å². The van der Waals surface area contributed by atoms with Crippen LogP contribution in [-0.4, -0.2) is 10.9 Å². The third-order valence-corrected chi connectivity index (χ3v) is 3.46. The molecule has 2 aromatic rings. The molecule has 6 heteroatoms. The summed E-state index contributed by atoms with van der Waals surface area (Å²) in [5.41, 5.74) is 0.984. The van der Waals surface area contributed by atoms with Crippen LogP contribution >= 0.6 is 43.5 Å². The lowest BCUT2D eigenvalue weighted by molar-refractivity contribution is 0.102. The Morgan fingerprint density at radius 2 is 2.00 bits per heavy atom. The molecule has 0 aliphatic rings. The second-order valence-corrected chi connectivity index (χ2v) is 5.53. The zero-order valence-electron chi connectivity index (χ0n) is 8.95. The Labute approximate surface area is 126 Å². The number of nitrogens with zero attached hydrogens (tertiary/aromatic N) is 1. The van der Waals surface area contributed by atoms with Crippen molar-refractivity contribution in [1.82, 2.24) is 4.98 Å². The Hall–Kier alpha value is -0.910. The Kier molecular flexibility index (Phi) is 4.37. The summed E-state index contributed by atoms with van der Waals surface area (Å²) in [6, 6.07) is 10.3. The molecule has 0 saturated heterocycles. The number of anilines is 1. The maximum atomic E-state index is 12.0. The zero-order chi connectivity index (χ0) is 13.1. The van der Waals surface area contributed by atoms with Crippen molar-refractivity contribution in [2.45, 2.75) is 0 Å². The van der Waals surface area contributed by atoms with E-state index >= 15 is 0 Å². The molecule has 1 aromatic heterocycles. The molecular weight excluding hydrogens is 383 g/mol. The summed E-state index contributed by atoms with van der Waals surface area (Å²) in [5, 5.41) is 3.35. The highest BCUT2D eigenvalue weighted by Gasteiger charge is 2.10. The highest BCUT2D eigenvalue weighted by Crippen LogP contribution is 2.26. The molecule has 1 heterocycles. The molecule has 0 spiro atoms. The Morgan fingerprint density at radius 1 is 1.22 bits per heavy atom. The van der Waals surface area contributed by atoms with Crippen LogP contribution in [0.2, 0.25) is 5.02 Å². The zero-order valence-corrected chi connectivity index (χ0v) is 12.9. The first-order valence-electron chi connectivity index (χ1n) is 4.95. The van der Waals surface area contributed by atoms with E-state index in [1.54, 1.807) is 36.4 Å². The van der Waals surface area contributed by atoms with Crippen molar-refractivity contribution in [1.29, 1.82) is 0 Å². The van der Waals surface area contributed by atoms with E-state index in [-0.39, 0.29) is 5.91 Å². The number of amides is 1. The van der Waals surface area contributed by atoms with Gasteiger partial charge in [0.25, 0.3) is 5.91 Å². The average Bonchev–Trinajstić information content (AvgIpc) is 2.32. The van der Waals surface area contributed by atoms with Crippen LogP contribution in [-0.2, 0) is 0 Å². The standard InChI is InChI=1S/C12H7Br2ClN2O/c13-8-6-7(15)4-5-9(8)17-12(18)10-2-1-3-11(14)16-10/h1-6H,(H,17,18). The molecular formula is C12H7Br2ClN2O. The lowest BCUT2D eigenvalue weighted by Gasteiger charge is -2.07. The molecule has 18 heavy (non-hydrogen) atoms. The third kappa shape index (κ3) is 3.31. The number of hydrogen-bond acceptors (Lipinski definition) is 2. The van der Waals surface area contributed by atoms with Gasteiger partial charge in [-0.15, -0.1) is 0 Å². The fourth-order valence-electron chi connectivity index (χ4n) is 1.31. The lowest BCUT2D eigenvalue weighted by atomic mass is 10.3. The van der Waals surface area contributed by atoms with Crippen LogP contribution < -0.4 is 5.32 Å². The van der Waals surface area contributed by atoms with E-state index < -0.39 is 0 Å². The van der Waals surface area contributed by atoms with Crippen LogP contribution in [0.15, 0.2) is 45.5 Å². The van der Waals surface area contributed by atoms with Gasteiger partial charge in [0.05, 0.1) is 5.69 Å². The van der Waals surface area contributed by atoms with Crippen LogP contribution in [0, 0.1) is 0 Å². The summed E-state index contributed by atoms with van der Waals surface area (Å²) in [7, 11) is 0. The number of aromatic nitrogens is 1. The number of rotatable bonds is 2. The first kappa shape index (κ1) is 13.5. The van der Waals surface area contributed by atoms with Crippen molar-refractivity contribution in [3.63, 3.8) is 0 Å². The van der Waals surface area contributed by atoms with Gasteiger partial charge in [0.1, 0.15) is 10.3 Å². The number of nitrogens with one attached hydrogen (secondary N) is 1. The van der Waals surface area contributed by atoms with E-state index in [0.29, 0.717) is 21.0 Å². The minimum Gasteiger partial charge on any atom is -0.320 e. The number of hydrogen-bond donors (Lipinski definition) is 1. The van der Waals surface area contributed by atoms with E-state index in [0.717, 1.165) is 4.47 Å². The molecule has 0 bridgehead atoms. The van der Waals surface area contributed by atoms with Gasteiger partial charge in [0.15, 0.2) is 0 Å². The fourth-order valence-corrected chi connectivity index (χ4v) is 2.44. The highest BCUT2D eigenvalue weighted by atomic mass is 79.9. The van der Waals surface area contributed by atoms with Gasteiger partial charge >= 0.3 is 0 Å². The topological polar surface area (TPSA) is 42.0 Å². The first-order valence-corrected chi connectivity index (χ1v) is 6.91. The highest BCUT2D eigenvalue weighted by molar-refractivity contribution is 9.10. The first-order chi connectivity index (χ1) is 8.56. The second kappa shape index (κ2) is 5.82. The summed E-state index contributed by atoms with van der Waals surface area (Å²) in [6.07, 6.45) is 0. The van der Waals surface area contributed by atoms with Gasteiger partial charge in [-0.3, -0.25) is 4.79 Å². The van der Waals surface area contributed by atoms with E-state index in [1.165, 1.54) is 0 Å². The molecule has 1 amide bonds. The van der Waals surface area contributed by atoms with Crippen LogP contribution in [0.3, 0.4) is 0 Å². The number of benzene rings is 1. The summed E-state index contributed by atoms with van der Waals surface area (Å²) >= 11 is 12.4. The van der Waals surface area contributed by atoms with Crippen LogP contribution in [0.25, 0.3) is 0 Å². The maximum Gasteiger partial charge on any atom is 0.274 e. The Balaban J connectivity index is 2.21. The Morgan fingerprint density at radius 3 is 2.67 bits per heavy atom. The molecule has 0 fully saturated rings. The minimum absolute atomic E-state index is 0.278. The van der Waals surface area contributed by atoms with Crippen molar-refractivity contribution in [2.75, 3.05) is 5.32 Å². The van der Waals surface area contributed by atoms with Gasteiger partial charge in [-0.25, -0.2) is 4.98 Å². The van der Waals surface area contributed by atoms with E-state index in [1.807, 2.05) is 0 Å². The van der Waals surface area contributed by atoms with E-state index in [2.05, 4.69) is 42.2 Å². The molecule has 0 saturated carbocycles. The molecule has 0 aliphatic heterocycles. The van der Waals surface area contributed by atoms with Crippen molar-refractivity contribution in [2.24, 2.45) is 0 Å². The molecule has 2 rings (SSSR count). The second-order valence-electron chi connectivity index (χ2n) is 3.42. The fraction of sp³-hybridized carbons (Fsp3) is 0. The number of carbonyl (C=O) groups is 1. The van der Waals surface area contributed by atoms with E-state index in [9.17, 15) is 4.79 Å². The van der Waals surface area contributed by atoms with Gasteiger partial charge in [-0.1, -0.05) is 17.7 Å². The largest absolute Gasteiger partial charge is 0.320 e. The van der Waals surface area contributed by atoms with Crippen molar-refractivity contribution in [3.05, 3.63) is 56.2 Å². The predicted octanol–water partition coefficient (Wildman–Crippen LogP) is 4.51. The maximum absolute atomic E-state index is 12.0. The molecule has 1 aromatic carbocycles. The number of pyridine rings is 1. The van der Waals surface area contributed by atoms with Crippen molar-refractivity contribution >= 4 is 55.1 Å². The van der Waals surface area contributed by atoms with Crippen LogP contribution in [0.5, 0.6) is 0 Å². The van der Waals surface area contributed by atoms with Crippen LogP contribution in [0.1, 0.15) is 10.5 Å². The summed E-state index contributed by atoms with van der Waals surface area (Å²) in [6.45, 7) is 0. The molecule has 92 valence electrons. The quantitative estimate of drug-likeness (QED) is 0.767. The van der Waals surface area contributed by atoms with Crippen molar-refractivity contribution in [3.8, 4) is 0 Å². The summed E-state index contributed by atoms with van der Waals surface area (Å²) < 4.78 is 1.34. The predicted molar refractivity (Wildman–Crippen MR) is 79.0 cm³/mol. The molecule has 0 unspecified atom stereocenters. The van der Waals surface area contributed by atoms with Crippen LogP contribution in [0.4, 0.5) is 5.69 Å². The van der Waals surface area contributed by atoms with Gasteiger partial charge in [0.2, 0.25) is 0 Å². The minimum atomic E-state index is -0.278. The normalized spacial score (nSPS) is 10.2. The van der Waals surface area contributed by atoms with Crippen molar-refractivity contribution < 1.29 is 4.79 Å². The Bertz CT molecular complexity index is 604.